The van der Waals surface area contributed by atoms with E-state index in [-0.39, 0.29) is 27.6 Å². The van der Waals surface area contributed by atoms with Crippen LogP contribution in [0.1, 0.15) is 11.1 Å². The molecule has 0 bridgehead atoms. The van der Waals surface area contributed by atoms with Crippen LogP contribution in [0.2, 0.25) is 10.0 Å². The van der Waals surface area contributed by atoms with Crippen molar-refractivity contribution in [1.29, 1.82) is 0 Å². The summed E-state index contributed by atoms with van der Waals surface area (Å²) in [5.74, 6) is 0. The Kier molecular flexibility index (Phi) is 5.05. The maximum absolute atomic E-state index is 11.4. The zero-order chi connectivity index (χ0) is 17.4. The molecule has 23 heavy (non-hydrogen) atoms. The first kappa shape index (κ1) is 18.2. The molecule has 0 amide bonds. The summed E-state index contributed by atoms with van der Waals surface area (Å²) < 4.78 is 64.2. The van der Waals surface area contributed by atoms with Crippen LogP contribution in [0, 0.1) is 0 Å². The van der Waals surface area contributed by atoms with Gasteiger partial charge in [0.15, 0.2) is 0 Å². The van der Waals surface area contributed by atoms with Crippen molar-refractivity contribution in [2.45, 2.75) is 16.2 Å². The average Bonchev–Trinajstić information content (AvgIpc) is 2.35. The van der Waals surface area contributed by atoms with Gasteiger partial charge in [0, 0.05) is 16.5 Å². The van der Waals surface area contributed by atoms with Crippen molar-refractivity contribution < 1.29 is 25.9 Å². The molecular weight excluding hydrogens is 387 g/mol. The Balaban J connectivity index is 2.65. The van der Waals surface area contributed by atoms with Crippen LogP contribution in [0.5, 0.6) is 0 Å². The molecule has 0 saturated carbocycles. The first-order valence-corrected chi connectivity index (χ1v) is 9.64. The molecule has 2 N–H and O–H groups in total. The molecule has 0 fully saturated rings. The van der Waals surface area contributed by atoms with Crippen molar-refractivity contribution in [3.63, 3.8) is 0 Å². The normalized spacial score (nSPS) is 12.3. The van der Waals surface area contributed by atoms with Crippen molar-refractivity contribution in [3.8, 4) is 0 Å². The number of hydrogen-bond acceptors (Lipinski definition) is 4. The van der Waals surface area contributed by atoms with Crippen molar-refractivity contribution >= 4 is 43.4 Å². The minimum Gasteiger partial charge on any atom is -0.282 e. The average molecular weight is 397 g/mol. The highest BCUT2D eigenvalue weighted by atomic mass is 35.5. The third-order valence-electron chi connectivity index (χ3n) is 2.98. The van der Waals surface area contributed by atoms with Crippen LogP contribution in [-0.2, 0) is 26.7 Å². The first-order chi connectivity index (χ1) is 10.5. The summed E-state index contributed by atoms with van der Waals surface area (Å²) in [4.78, 5) is -0.827. The Labute approximate surface area is 143 Å². The van der Waals surface area contributed by atoms with Gasteiger partial charge in [-0.05, 0) is 47.5 Å². The van der Waals surface area contributed by atoms with E-state index in [0.717, 1.165) is 12.1 Å². The zero-order valence-electron chi connectivity index (χ0n) is 11.3. The number of hydrogen-bond donors (Lipinski definition) is 2. The quantitative estimate of drug-likeness (QED) is 0.768. The molecular formula is C13H10Cl2O6S2. The highest BCUT2D eigenvalue weighted by Crippen LogP contribution is 2.27. The summed E-state index contributed by atoms with van der Waals surface area (Å²) >= 11 is 11.6. The van der Waals surface area contributed by atoms with Gasteiger partial charge in [-0.3, -0.25) is 9.11 Å². The summed E-state index contributed by atoms with van der Waals surface area (Å²) in [7, 11) is -9.06. The number of rotatable bonds is 4. The van der Waals surface area contributed by atoms with E-state index in [1.165, 1.54) is 24.3 Å². The minimum absolute atomic E-state index is 0.0622. The molecule has 0 aliphatic carbocycles. The van der Waals surface area contributed by atoms with Gasteiger partial charge in [-0.1, -0.05) is 23.2 Å². The standard InChI is InChI=1S/C13H10Cl2O6S2/c14-10-1-3-12(22(16,17)18)8(6-10)5-9-7-11(15)2-4-13(9)23(19,20)21/h1-4,6-7H,5H2,(H,16,17,18)(H,19,20,21). The van der Waals surface area contributed by atoms with Crippen molar-refractivity contribution in [3.05, 3.63) is 57.6 Å². The molecule has 0 aromatic heterocycles. The Morgan fingerprint density at radius 3 is 1.39 bits per heavy atom. The van der Waals surface area contributed by atoms with Crippen molar-refractivity contribution in [1.82, 2.24) is 0 Å². The lowest BCUT2D eigenvalue weighted by atomic mass is 10.0. The van der Waals surface area contributed by atoms with Crippen LogP contribution < -0.4 is 0 Å². The van der Waals surface area contributed by atoms with Gasteiger partial charge in [-0.2, -0.15) is 16.8 Å². The molecule has 0 aliphatic heterocycles. The molecule has 2 aromatic rings. The minimum atomic E-state index is -4.53. The smallest absolute Gasteiger partial charge is 0.282 e. The molecule has 6 nitrogen and oxygen atoms in total. The van der Waals surface area contributed by atoms with E-state index in [4.69, 9.17) is 23.2 Å². The summed E-state index contributed by atoms with van der Waals surface area (Å²) in [6.45, 7) is 0. The molecule has 10 heteroatoms. The van der Waals surface area contributed by atoms with Crippen LogP contribution in [0.15, 0.2) is 46.2 Å². The Hall–Kier alpha value is -1.16. The van der Waals surface area contributed by atoms with Gasteiger partial charge in [0.25, 0.3) is 20.2 Å². The maximum atomic E-state index is 11.4. The Morgan fingerprint density at radius 1 is 0.739 bits per heavy atom. The zero-order valence-corrected chi connectivity index (χ0v) is 14.4. The topological polar surface area (TPSA) is 109 Å². The molecule has 0 aliphatic rings. The van der Waals surface area contributed by atoms with Crippen LogP contribution in [-0.4, -0.2) is 25.9 Å². The highest BCUT2D eigenvalue weighted by molar-refractivity contribution is 7.86. The molecule has 0 saturated heterocycles. The van der Waals surface area contributed by atoms with Gasteiger partial charge in [0.1, 0.15) is 0 Å². The summed E-state index contributed by atoms with van der Waals surface area (Å²) in [6.07, 6.45) is -0.231. The summed E-state index contributed by atoms with van der Waals surface area (Å²) in [5, 5.41) is 0.394. The lowest BCUT2D eigenvalue weighted by Crippen LogP contribution is -2.07. The number of halogens is 2. The molecule has 0 heterocycles. The third kappa shape index (κ3) is 4.43. The molecule has 124 valence electrons. The lowest BCUT2D eigenvalue weighted by molar-refractivity contribution is 0.481. The lowest BCUT2D eigenvalue weighted by Gasteiger charge is -2.11. The summed E-state index contributed by atoms with van der Waals surface area (Å²) in [5.41, 5.74) is 0.124. The van der Waals surface area contributed by atoms with Gasteiger partial charge in [0.2, 0.25) is 0 Å². The van der Waals surface area contributed by atoms with Crippen LogP contribution >= 0.6 is 23.2 Å². The van der Waals surface area contributed by atoms with Crippen LogP contribution in [0.25, 0.3) is 0 Å². The van der Waals surface area contributed by atoms with E-state index in [1.54, 1.807) is 0 Å². The Bertz CT molecular complexity index is 888. The van der Waals surface area contributed by atoms with Gasteiger partial charge in [-0.15, -0.1) is 0 Å². The highest BCUT2D eigenvalue weighted by Gasteiger charge is 2.20. The second-order valence-electron chi connectivity index (χ2n) is 4.63. The van der Waals surface area contributed by atoms with Crippen molar-refractivity contribution in [2.24, 2.45) is 0 Å². The van der Waals surface area contributed by atoms with Gasteiger partial charge in [-0.25, -0.2) is 0 Å². The van der Waals surface area contributed by atoms with E-state index < -0.39 is 30.0 Å². The molecule has 0 radical (unpaired) electrons. The fraction of sp³-hybridized carbons (Fsp3) is 0.0769. The van der Waals surface area contributed by atoms with E-state index in [1.807, 2.05) is 0 Å². The van der Waals surface area contributed by atoms with Crippen LogP contribution in [0.4, 0.5) is 0 Å². The summed E-state index contributed by atoms with van der Waals surface area (Å²) in [6, 6.07) is 7.31. The largest absolute Gasteiger partial charge is 0.294 e. The Morgan fingerprint density at radius 2 is 1.09 bits per heavy atom. The van der Waals surface area contributed by atoms with E-state index in [9.17, 15) is 25.9 Å². The fourth-order valence-electron chi connectivity index (χ4n) is 2.08. The molecule has 0 spiro atoms. The fourth-order valence-corrected chi connectivity index (χ4v) is 3.88. The second-order valence-corrected chi connectivity index (χ2v) is 8.28. The monoisotopic (exact) mass is 396 g/mol. The molecule has 0 unspecified atom stereocenters. The van der Waals surface area contributed by atoms with E-state index >= 15 is 0 Å². The van der Waals surface area contributed by atoms with Gasteiger partial charge >= 0.3 is 0 Å². The van der Waals surface area contributed by atoms with E-state index in [2.05, 4.69) is 0 Å². The van der Waals surface area contributed by atoms with Gasteiger partial charge in [0.05, 0.1) is 9.79 Å². The van der Waals surface area contributed by atoms with Crippen LogP contribution in [0.3, 0.4) is 0 Å². The third-order valence-corrected chi connectivity index (χ3v) is 5.36. The predicted octanol–water partition coefficient (Wildman–Crippen LogP) is 3.08. The maximum Gasteiger partial charge on any atom is 0.294 e. The number of benzene rings is 2. The van der Waals surface area contributed by atoms with E-state index in [0.29, 0.717) is 0 Å². The van der Waals surface area contributed by atoms with Gasteiger partial charge < -0.3 is 0 Å². The SMILES string of the molecule is O=S(=O)(O)c1ccc(Cl)cc1Cc1cc(Cl)ccc1S(=O)(=O)O. The predicted molar refractivity (Wildman–Crippen MR) is 85.3 cm³/mol. The second kappa shape index (κ2) is 6.39. The molecule has 2 rings (SSSR count). The molecule has 2 aromatic carbocycles. The molecule has 0 atom stereocenters. The van der Waals surface area contributed by atoms with Crippen molar-refractivity contribution in [2.75, 3.05) is 0 Å². The first-order valence-electron chi connectivity index (χ1n) is 6.00.